The molecule has 2 aromatic carbocycles. The molecule has 0 radical (unpaired) electrons. The number of rotatable bonds is 5. The largest absolute Gasteiger partial charge is 0.856 e. The first kappa shape index (κ1) is 21.9. The minimum absolute atomic E-state index is 0.0350. The third kappa shape index (κ3) is 5.31. The van der Waals surface area contributed by atoms with Crippen LogP contribution in [0.2, 0.25) is 5.28 Å². The van der Waals surface area contributed by atoms with Gasteiger partial charge in [-0.1, -0.05) is 84.9 Å². The molecule has 0 N–H and O–H groups in total. The van der Waals surface area contributed by atoms with Gasteiger partial charge in [-0.2, -0.15) is 0 Å². The molecule has 2 aromatic rings. The van der Waals surface area contributed by atoms with Gasteiger partial charge in [0.25, 0.3) is 0 Å². The Hall–Kier alpha value is -1.43. The minimum atomic E-state index is -1.92. The maximum absolute atomic E-state index is 6.60. The molecule has 2 nitrogen and oxygen atoms in total. The van der Waals surface area contributed by atoms with E-state index in [-0.39, 0.29) is 10.8 Å². The van der Waals surface area contributed by atoms with Crippen LogP contribution < -0.4 is 7.58 Å². The number of aryl methyl sites for hydroxylation is 2. The zero-order chi connectivity index (χ0) is 20.4. The molecule has 0 amide bonds. The fourth-order valence-corrected chi connectivity index (χ4v) is 4.79. The standard InChI is InChI=1S/2C11H16O.C2H5.Al/c2*1-8-6-5-7-9(10(8)12)11(2,3)4;1-2;/h2*5-7,12H,1-4H3;1H2,2H3;/q;;;+2/p-2. The predicted molar refractivity (Wildman–Crippen MR) is 117 cm³/mol. The van der Waals surface area contributed by atoms with Crippen LogP contribution in [-0.4, -0.2) is 14.8 Å². The number of para-hydroxylation sites is 2. The molecule has 0 saturated carbocycles. The molecule has 0 aliphatic rings. The van der Waals surface area contributed by atoms with E-state index in [1.54, 1.807) is 0 Å². The average molecular weight is 383 g/mol. The summed E-state index contributed by atoms with van der Waals surface area (Å²) in [5.41, 5.74) is 4.92. The monoisotopic (exact) mass is 382 g/mol. The molecule has 27 heavy (non-hydrogen) atoms. The van der Waals surface area contributed by atoms with Crippen LogP contribution in [0.1, 0.15) is 70.7 Å². The smallest absolute Gasteiger partial charge is 0.611 e. The van der Waals surface area contributed by atoms with Gasteiger partial charge in [-0.25, -0.2) is 0 Å². The van der Waals surface area contributed by atoms with Gasteiger partial charge in [0.2, 0.25) is 0 Å². The van der Waals surface area contributed by atoms with Crippen LogP contribution in [0.4, 0.5) is 0 Å². The van der Waals surface area contributed by atoms with Gasteiger partial charge in [0.1, 0.15) is 0 Å². The zero-order valence-electron chi connectivity index (χ0n) is 18.6. The van der Waals surface area contributed by atoms with E-state index in [9.17, 15) is 0 Å². The highest BCUT2D eigenvalue weighted by Gasteiger charge is 2.34. The lowest BCUT2D eigenvalue weighted by Gasteiger charge is -2.29. The van der Waals surface area contributed by atoms with Gasteiger partial charge < -0.3 is 7.58 Å². The third-order valence-electron chi connectivity index (χ3n) is 4.87. The van der Waals surface area contributed by atoms with E-state index in [0.717, 1.165) is 16.8 Å². The maximum Gasteiger partial charge on any atom is 0.856 e. The second kappa shape index (κ2) is 8.29. The number of hydrogen-bond acceptors (Lipinski definition) is 2. The van der Waals surface area contributed by atoms with Gasteiger partial charge in [0.15, 0.2) is 0 Å². The summed E-state index contributed by atoms with van der Waals surface area (Å²) in [5, 5.41) is 0.913. The van der Waals surface area contributed by atoms with E-state index in [0.29, 0.717) is 0 Å². The van der Waals surface area contributed by atoms with Crippen LogP contribution in [0.25, 0.3) is 0 Å². The molecular formula is C24H35AlO2. The van der Waals surface area contributed by atoms with Gasteiger partial charge in [-0.3, -0.25) is 0 Å². The van der Waals surface area contributed by atoms with Crippen molar-refractivity contribution < 1.29 is 7.58 Å². The second-order valence-corrected chi connectivity index (χ2v) is 11.6. The molecule has 146 valence electrons. The van der Waals surface area contributed by atoms with Crippen molar-refractivity contribution >= 4 is 14.8 Å². The first-order valence-electron chi connectivity index (χ1n) is 9.98. The molecular weight excluding hydrogens is 347 g/mol. The molecule has 0 heterocycles. The summed E-state index contributed by atoms with van der Waals surface area (Å²) < 4.78 is 13.2. The fraction of sp³-hybridized carbons (Fsp3) is 0.500. The molecule has 0 fully saturated rings. The van der Waals surface area contributed by atoms with Gasteiger partial charge in [-0.15, -0.1) is 0 Å². The lowest BCUT2D eigenvalue weighted by atomic mass is 9.85. The molecule has 0 spiro atoms. The molecule has 0 aromatic heterocycles. The number of benzene rings is 2. The first-order valence-corrected chi connectivity index (χ1v) is 11.7. The summed E-state index contributed by atoms with van der Waals surface area (Å²) in [5.74, 6) is 2.02. The highest BCUT2D eigenvalue weighted by atomic mass is 27.2. The Kier molecular flexibility index (Phi) is 6.72. The second-order valence-electron chi connectivity index (χ2n) is 9.48. The van der Waals surface area contributed by atoms with Crippen LogP contribution in [0.3, 0.4) is 0 Å². The maximum atomic E-state index is 6.60. The molecule has 0 unspecified atom stereocenters. The molecule has 2 rings (SSSR count). The van der Waals surface area contributed by atoms with E-state index in [1.807, 2.05) is 0 Å². The van der Waals surface area contributed by atoms with Crippen molar-refractivity contribution in [1.29, 1.82) is 0 Å². The molecule has 3 heteroatoms. The van der Waals surface area contributed by atoms with E-state index in [4.69, 9.17) is 7.58 Å². The SMILES string of the molecule is C[CH2][Al]([O]c1c(C)cccc1C(C)(C)C)[O]c1c(C)cccc1C(C)(C)C. The topological polar surface area (TPSA) is 18.5 Å². The van der Waals surface area contributed by atoms with Crippen LogP contribution >= 0.6 is 0 Å². The Morgan fingerprint density at radius 1 is 0.704 bits per heavy atom. The Bertz CT molecular complexity index is 716. The van der Waals surface area contributed by atoms with Crippen molar-refractivity contribution in [2.45, 2.75) is 78.4 Å². The molecule has 0 bridgehead atoms. The quantitative estimate of drug-likeness (QED) is 0.526. The fourth-order valence-electron chi connectivity index (χ4n) is 3.25. The van der Waals surface area contributed by atoms with Crippen LogP contribution in [-0.2, 0) is 10.8 Å². The summed E-state index contributed by atoms with van der Waals surface area (Å²) in [6.07, 6.45) is 0. The molecule has 0 saturated heterocycles. The Balaban J connectivity index is 2.40. The Morgan fingerprint density at radius 3 is 1.37 bits per heavy atom. The van der Waals surface area contributed by atoms with Crippen molar-refractivity contribution in [3.05, 3.63) is 58.7 Å². The normalized spacial score (nSPS) is 12.0. The highest BCUT2D eigenvalue weighted by molar-refractivity contribution is 6.46. The lowest BCUT2D eigenvalue weighted by Crippen LogP contribution is -2.32. The number of hydrogen-bond donors (Lipinski definition) is 0. The van der Waals surface area contributed by atoms with Crippen LogP contribution in [0.5, 0.6) is 11.5 Å². The van der Waals surface area contributed by atoms with Crippen molar-refractivity contribution in [2.24, 2.45) is 0 Å². The Morgan fingerprint density at radius 2 is 1.07 bits per heavy atom. The minimum Gasteiger partial charge on any atom is -0.611 e. The summed E-state index contributed by atoms with van der Waals surface area (Å²) >= 11 is -1.92. The third-order valence-corrected chi connectivity index (χ3v) is 6.54. The summed E-state index contributed by atoms with van der Waals surface area (Å²) in [7, 11) is 0. The summed E-state index contributed by atoms with van der Waals surface area (Å²) in [6, 6.07) is 12.8. The van der Waals surface area contributed by atoms with Gasteiger partial charge in [0.05, 0.1) is 11.5 Å². The highest BCUT2D eigenvalue weighted by Crippen LogP contribution is 2.37. The van der Waals surface area contributed by atoms with E-state index in [1.165, 1.54) is 22.3 Å². The Labute approximate surface area is 171 Å². The van der Waals surface area contributed by atoms with Gasteiger partial charge >= 0.3 is 14.8 Å². The predicted octanol–water partition coefficient (Wildman–Crippen LogP) is 6.86. The first-order chi connectivity index (χ1) is 12.4. The van der Waals surface area contributed by atoms with Gasteiger partial charge in [-0.05, 0) is 52.2 Å². The molecule has 0 aliphatic heterocycles. The van der Waals surface area contributed by atoms with Crippen molar-refractivity contribution in [3.8, 4) is 11.5 Å². The molecule has 0 aliphatic carbocycles. The van der Waals surface area contributed by atoms with Crippen molar-refractivity contribution in [1.82, 2.24) is 0 Å². The van der Waals surface area contributed by atoms with Crippen molar-refractivity contribution in [3.63, 3.8) is 0 Å². The van der Waals surface area contributed by atoms with E-state index >= 15 is 0 Å². The zero-order valence-corrected chi connectivity index (χ0v) is 19.7. The molecule has 0 atom stereocenters. The van der Waals surface area contributed by atoms with Crippen LogP contribution in [0, 0.1) is 13.8 Å². The van der Waals surface area contributed by atoms with Gasteiger partial charge in [0, 0.05) is 0 Å². The van der Waals surface area contributed by atoms with Crippen molar-refractivity contribution in [2.75, 3.05) is 0 Å². The van der Waals surface area contributed by atoms with E-state index < -0.39 is 14.8 Å². The summed E-state index contributed by atoms with van der Waals surface area (Å²) in [6.45, 7) is 19.8. The lowest BCUT2D eigenvalue weighted by molar-refractivity contribution is 0.401. The van der Waals surface area contributed by atoms with E-state index in [2.05, 4.69) is 98.7 Å². The summed E-state index contributed by atoms with van der Waals surface area (Å²) in [4.78, 5) is 0. The van der Waals surface area contributed by atoms with Crippen LogP contribution in [0.15, 0.2) is 36.4 Å². The average Bonchev–Trinajstić information content (AvgIpc) is 2.55.